The van der Waals surface area contributed by atoms with Crippen LogP contribution in [0, 0.1) is 0 Å². The van der Waals surface area contributed by atoms with E-state index < -0.39 is 0 Å². The fraction of sp³-hybridized carbons (Fsp3) is 0.278. The Morgan fingerprint density at radius 2 is 2.00 bits per heavy atom. The van der Waals surface area contributed by atoms with E-state index in [9.17, 15) is 4.79 Å². The molecule has 3 aromatic rings. The zero-order valence-electron chi connectivity index (χ0n) is 13.1. The molecule has 0 spiro atoms. The van der Waals surface area contributed by atoms with Crippen molar-refractivity contribution in [2.24, 2.45) is 0 Å². The van der Waals surface area contributed by atoms with E-state index in [2.05, 4.69) is 10.1 Å². The number of hydrogen-bond acceptors (Lipinski definition) is 5. The second-order valence-electron chi connectivity index (χ2n) is 5.91. The molecule has 24 heavy (non-hydrogen) atoms. The Bertz CT molecular complexity index is 805. The van der Waals surface area contributed by atoms with Crippen LogP contribution in [0.3, 0.4) is 0 Å². The molecule has 2 aromatic heterocycles. The van der Waals surface area contributed by atoms with Gasteiger partial charge in [0.1, 0.15) is 0 Å². The van der Waals surface area contributed by atoms with Gasteiger partial charge in [-0.05, 0) is 24.1 Å². The lowest BCUT2D eigenvalue weighted by atomic mass is 9.99. The number of aryl methyl sites for hydroxylation is 1. The van der Waals surface area contributed by atoms with Gasteiger partial charge in [-0.25, -0.2) is 0 Å². The summed E-state index contributed by atoms with van der Waals surface area (Å²) in [5, 5.41) is 3.92. The van der Waals surface area contributed by atoms with Gasteiger partial charge in [-0.15, -0.1) is 0 Å². The Hall–Kier alpha value is -2.89. The molecule has 0 bridgehead atoms. The third kappa shape index (κ3) is 2.95. The summed E-state index contributed by atoms with van der Waals surface area (Å²) in [4.78, 5) is 18.4. The van der Waals surface area contributed by atoms with E-state index in [0.29, 0.717) is 37.0 Å². The zero-order chi connectivity index (χ0) is 16.4. The molecular formula is C18H17N3O3. The molecule has 0 radical (unpaired) electrons. The molecule has 1 fully saturated rings. The normalized spacial score (nSPS) is 14.6. The summed E-state index contributed by atoms with van der Waals surface area (Å²) in [6.07, 6.45) is 2.87. The first-order chi connectivity index (χ1) is 11.8. The highest BCUT2D eigenvalue weighted by Gasteiger charge is 2.35. The lowest BCUT2D eigenvalue weighted by Crippen LogP contribution is -2.48. The van der Waals surface area contributed by atoms with Crippen molar-refractivity contribution in [1.82, 2.24) is 15.0 Å². The van der Waals surface area contributed by atoms with Gasteiger partial charge >= 0.3 is 0 Å². The van der Waals surface area contributed by atoms with Crippen molar-refractivity contribution in [2.45, 2.75) is 18.8 Å². The molecule has 0 aliphatic carbocycles. The van der Waals surface area contributed by atoms with Gasteiger partial charge in [0, 0.05) is 19.5 Å². The summed E-state index contributed by atoms with van der Waals surface area (Å²) >= 11 is 0. The van der Waals surface area contributed by atoms with Gasteiger partial charge in [0.2, 0.25) is 17.6 Å². The molecule has 1 aromatic carbocycles. The molecule has 0 unspecified atom stereocenters. The molecule has 1 saturated heterocycles. The molecule has 1 aliphatic rings. The quantitative estimate of drug-likeness (QED) is 0.722. The number of rotatable bonds is 5. The predicted octanol–water partition coefficient (Wildman–Crippen LogP) is 2.89. The molecule has 1 amide bonds. The number of carbonyl (C=O) groups excluding carboxylic acids is 1. The van der Waals surface area contributed by atoms with Crippen molar-refractivity contribution < 1.29 is 13.7 Å². The first-order valence-corrected chi connectivity index (χ1v) is 7.99. The van der Waals surface area contributed by atoms with Crippen molar-refractivity contribution >= 4 is 5.91 Å². The van der Waals surface area contributed by atoms with E-state index in [-0.39, 0.29) is 11.8 Å². The van der Waals surface area contributed by atoms with Gasteiger partial charge < -0.3 is 13.8 Å². The van der Waals surface area contributed by atoms with Crippen LogP contribution in [0.1, 0.15) is 23.8 Å². The van der Waals surface area contributed by atoms with Crippen molar-refractivity contribution in [3.63, 3.8) is 0 Å². The number of furan rings is 1. The van der Waals surface area contributed by atoms with E-state index in [0.717, 1.165) is 6.42 Å². The number of likely N-dealkylation sites (tertiary alicyclic amines) is 1. The second-order valence-corrected chi connectivity index (χ2v) is 5.91. The SMILES string of the molecule is O=C(CCc1ccccc1)N1CC(c2nc(-c3ccco3)no2)C1. The minimum Gasteiger partial charge on any atom is -0.461 e. The average Bonchev–Trinajstić information content (AvgIpc) is 3.24. The first kappa shape index (κ1) is 14.7. The van der Waals surface area contributed by atoms with Crippen molar-refractivity contribution in [3.8, 4) is 11.6 Å². The topological polar surface area (TPSA) is 72.4 Å². The molecule has 3 heterocycles. The fourth-order valence-electron chi connectivity index (χ4n) is 2.80. The molecule has 6 heteroatoms. The summed E-state index contributed by atoms with van der Waals surface area (Å²) in [6.45, 7) is 1.26. The van der Waals surface area contributed by atoms with Crippen molar-refractivity contribution in [2.75, 3.05) is 13.1 Å². The van der Waals surface area contributed by atoms with Crippen molar-refractivity contribution in [3.05, 3.63) is 60.2 Å². The highest BCUT2D eigenvalue weighted by molar-refractivity contribution is 5.77. The number of amides is 1. The largest absolute Gasteiger partial charge is 0.461 e. The van der Waals surface area contributed by atoms with Crippen LogP contribution in [0.4, 0.5) is 0 Å². The predicted molar refractivity (Wildman–Crippen MR) is 86.1 cm³/mol. The standard InChI is InChI=1S/C18H17N3O3/c22-16(9-8-13-5-2-1-3-6-13)21-11-14(12-21)18-19-17(20-24-18)15-7-4-10-23-15/h1-7,10,14H,8-9,11-12H2. The molecule has 6 nitrogen and oxygen atoms in total. The third-order valence-electron chi connectivity index (χ3n) is 4.24. The molecular weight excluding hydrogens is 306 g/mol. The van der Waals surface area contributed by atoms with Crippen LogP contribution in [0.15, 0.2) is 57.7 Å². The van der Waals surface area contributed by atoms with Crippen LogP contribution >= 0.6 is 0 Å². The van der Waals surface area contributed by atoms with E-state index in [1.807, 2.05) is 35.2 Å². The summed E-state index contributed by atoms with van der Waals surface area (Å²) in [7, 11) is 0. The lowest BCUT2D eigenvalue weighted by molar-refractivity contribution is -0.135. The smallest absolute Gasteiger partial charge is 0.238 e. The number of benzene rings is 1. The minimum absolute atomic E-state index is 0.113. The molecule has 0 atom stereocenters. The second kappa shape index (κ2) is 6.31. The van der Waals surface area contributed by atoms with Crippen LogP contribution < -0.4 is 0 Å². The first-order valence-electron chi connectivity index (χ1n) is 7.99. The van der Waals surface area contributed by atoms with Crippen LogP contribution in [-0.4, -0.2) is 34.0 Å². The third-order valence-corrected chi connectivity index (χ3v) is 4.24. The summed E-state index contributed by atoms with van der Waals surface area (Å²) < 4.78 is 10.5. The van der Waals surface area contributed by atoms with Gasteiger partial charge in [-0.2, -0.15) is 4.98 Å². The Balaban J connectivity index is 1.29. The Morgan fingerprint density at radius 1 is 1.17 bits per heavy atom. The highest BCUT2D eigenvalue weighted by Crippen LogP contribution is 2.28. The summed E-state index contributed by atoms with van der Waals surface area (Å²) in [5.41, 5.74) is 1.18. The van der Waals surface area contributed by atoms with Gasteiger partial charge in [-0.3, -0.25) is 4.79 Å². The van der Waals surface area contributed by atoms with Crippen LogP contribution in [0.2, 0.25) is 0 Å². The van der Waals surface area contributed by atoms with Crippen molar-refractivity contribution in [1.29, 1.82) is 0 Å². The molecule has 1 aliphatic heterocycles. The van der Waals surface area contributed by atoms with Crippen LogP contribution in [-0.2, 0) is 11.2 Å². The van der Waals surface area contributed by atoms with E-state index in [1.165, 1.54) is 5.56 Å². The maximum Gasteiger partial charge on any atom is 0.238 e. The summed E-state index contributed by atoms with van der Waals surface area (Å²) in [5.74, 6) is 1.88. The number of hydrogen-bond donors (Lipinski definition) is 0. The number of nitrogens with zero attached hydrogens (tertiary/aromatic N) is 3. The minimum atomic E-state index is 0.113. The van der Waals surface area contributed by atoms with Gasteiger partial charge in [0.15, 0.2) is 5.76 Å². The van der Waals surface area contributed by atoms with Gasteiger partial charge in [-0.1, -0.05) is 35.5 Å². The zero-order valence-corrected chi connectivity index (χ0v) is 13.1. The fourth-order valence-corrected chi connectivity index (χ4v) is 2.80. The number of carbonyl (C=O) groups is 1. The molecule has 4 rings (SSSR count). The monoisotopic (exact) mass is 323 g/mol. The molecule has 0 saturated carbocycles. The average molecular weight is 323 g/mol. The summed E-state index contributed by atoms with van der Waals surface area (Å²) in [6, 6.07) is 13.6. The maximum atomic E-state index is 12.2. The van der Waals surface area contributed by atoms with Gasteiger partial charge in [0.05, 0.1) is 12.2 Å². The molecule has 0 N–H and O–H groups in total. The Labute approximate surface area is 139 Å². The van der Waals surface area contributed by atoms with Crippen LogP contribution in [0.25, 0.3) is 11.6 Å². The van der Waals surface area contributed by atoms with E-state index in [1.54, 1.807) is 18.4 Å². The van der Waals surface area contributed by atoms with E-state index >= 15 is 0 Å². The highest BCUT2D eigenvalue weighted by atomic mass is 16.5. The van der Waals surface area contributed by atoms with E-state index in [4.69, 9.17) is 8.94 Å². The van der Waals surface area contributed by atoms with Crippen LogP contribution in [0.5, 0.6) is 0 Å². The Morgan fingerprint density at radius 3 is 2.75 bits per heavy atom. The Kier molecular flexibility index (Phi) is 3.86. The number of aromatic nitrogens is 2. The lowest BCUT2D eigenvalue weighted by Gasteiger charge is -2.37. The maximum absolute atomic E-state index is 12.2. The van der Waals surface area contributed by atoms with Gasteiger partial charge in [0.25, 0.3) is 0 Å². The molecule has 122 valence electrons.